The Balaban J connectivity index is 2.27. The first-order valence-corrected chi connectivity index (χ1v) is 9.30. The lowest BCUT2D eigenvalue weighted by atomic mass is 9.96. The fourth-order valence-electron chi connectivity index (χ4n) is 2.77. The maximum Gasteiger partial charge on any atom is 0.394 e. The number of hydrogen-bond acceptors (Lipinski definition) is 4. The first-order valence-electron chi connectivity index (χ1n) is 8.54. The van der Waals surface area contributed by atoms with E-state index in [0.29, 0.717) is 16.1 Å². The molecule has 2 aromatic rings. The van der Waals surface area contributed by atoms with Crippen LogP contribution in [0.25, 0.3) is 11.1 Å². The summed E-state index contributed by atoms with van der Waals surface area (Å²) in [5, 5.41) is 21.4. The second-order valence-corrected chi connectivity index (χ2v) is 7.32. The van der Waals surface area contributed by atoms with Crippen LogP contribution in [0.2, 0.25) is 10.0 Å². The number of halogens is 3. The Morgan fingerprint density at radius 1 is 1.10 bits per heavy atom. The zero-order valence-electron chi connectivity index (χ0n) is 15.3. The van der Waals surface area contributed by atoms with Crippen molar-refractivity contribution in [2.75, 3.05) is 0 Å². The summed E-state index contributed by atoms with van der Waals surface area (Å²) >= 11 is 12.2. The van der Waals surface area contributed by atoms with Crippen LogP contribution in [-0.4, -0.2) is 40.0 Å². The summed E-state index contributed by atoms with van der Waals surface area (Å²) in [6.07, 6.45) is -1.43. The molecule has 9 heteroatoms. The number of carbonyl (C=O) groups excluding carboxylic acids is 2. The number of Topliss-reactive ketones (excluding diaryl/α,β-unsaturated/α-hetero) is 1. The molecule has 29 heavy (non-hydrogen) atoms. The highest BCUT2D eigenvalue weighted by molar-refractivity contribution is 6.34. The Hall–Kier alpha value is -2.48. The van der Waals surface area contributed by atoms with Gasteiger partial charge >= 0.3 is 11.9 Å². The number of aliphatic hydroxyl groups is 1. The number of aliphatic hydroxyl groups excluding tert-OH is 1. The van der Waals surface area contributed by atoms with Crippen LogP contribution in [0.4, 0.5) is 4.39 Å². The SMILES string of the molecule is CC(=O)C(O)CC(Cc1ccc(-c2cc(Cl)ccc2F)c(Cl)c1)NC(=O)C(=O)O. The van der Waals surface area contributed by atoms with Crippen LogP contribution in [0, 0.1) is 5.82 Å². The van der Waals surface area contributed by atoms with Gasteiger partial charge in [-0.1, -0.05) is 35.3 Å². The molecule has 0 bridgehead atoms. The number of benzene rings is 2. The summed E-state index contributed by atoms with van der Waals surface area (Å²) in [5.74, 6) is -3.95. The quantitative estimate of drug-likeness (QED) is 0.572. The van der Waals surface area contributed by atoms with Crippen molar-refractivity contribution in [1.29, 1.82) is 0 Å². The highest BCUT2D eigenvalue weighted by atomic mass is 35.5. The minimum Gasteiger partial charge on any atom is -0.474 e. The number of carboxylic acids is 1. The summed E-state index contributed by atoms with van der Waals surface area (Å²) in [6.45, 7) is 1.19. The average molecular weight is 442 g/mol. The molecular weight excluding hydrogens is 424 g/mol. The summed E-state index contributed by atoms with van der Waals surface area (Å²) < 4.78 is 14.1. The molecule has 0 aliphatic heterocycles. The number of carboxylic acid groups (broad SMARTS) is 1. The van der Waals surface area contributed by atoms with Gasteiger partial charge in [-0.15, -0.1) is 0 Å². The lowest BCUT2D eigenvalue weighted by Crippen LogP contribution is -2.43. The molecule has 0 spiro atoms. The van der Waals surface area contributed by atoms with Crippen LogP contribution in [0.5, 0.6) is 0 Å². The van der Waals surface area contributed by atoms with Crippen LogP contribution in [0.3, 0.4) is 0 Å². The molecule has 0 heterocycles. The number of hydrogen-bond donors (Lipinski definition) is 3. The molecule has 0 saturated carbocycles. The van der Waals surface area contributed by atoms with Crippen LogP contribution in [0.1, 0.15) is 18.9 Å². The molecular formula is C20H18Cl2FNO5. The molecule has 0 aromatic heterocycles. The average Bonchev–Trinajstić information content (AvgIpc) is 2.63. The van der Waals surface area contributed by atoms with Gasteiger partial charge in [0.05, 0.1) is 0 Å². The predicted octanol–water partition coefficient (Wildman–Crippen LogP) is 3.25. The maximum absolute atomic E-state index is 14.1. The van der Waals surface area contributed by atoms with E-state index in [1.807, 2.05) is 0 Å². The second-order valence-electron chi connectivity index (χ2n) is 6.48. The van der Waals surface area contributed by atoms with E-state index >= 15 is 0 Å². The maximum atomic E-state index is 14.1. The van der Waals surface area contributed by atoms with Crippen LogP contribution < -0.4 is 5.32 Å². The molecule has 6 nitrogen and oxygen atoms in total. The van der Waals surface area contributed by atoms with E-state index in [4.69, 9.17) is 28.3 Å². The standard InChI is InChI=1S/C20H18Cl2FNO5/c1-10(25)18(26)9-13(24-19(27)20(28)29)6-11-2-4-14(16(22)7-11)15-8-12(21)3-5-17(15)23/h2-5,7-8,13,18,26H,6,9H2,1H3,(H,24,27)(H,28,29). The van der Waals surface area contributed by atoms with Gasteiger partial charge in [-0.2, -0.15) is 0 Å². The van der Waals surface area contributed by atoms with Crippen molar-refractivity contribution >= 4 is 40.9 Å². The van der Waals surface area contributed by atoms with Crippen molar-refractivity contribution in [3.63, 3.8) is 0 Å². The molecule has 0 aliphatic carbocycles. The van der Waals surface area contributed by atoms with Crippen molar-refractivity contribution in [1.82, 2.24) is 5.32 Å². The lowest BCUT2D eigenvalue weighted by molar-refractivity contribution is -0.150. The Bertz CT molecular complexity index is 950. The Kier molecular flexibility index (Phi) is 7.73. The van der Waals surface area contributed by atoms with E-state index in [9.17, 15) is 23.9 Å². The van der Waals surface area contributed by atoms with Crippen LogP contribution in [-0.2, 0) is 20.8 Å². The normalized spacial score (nSPS) is 12.9. The number of carbonyl (C=O) groups is 3. The van der Waals surface area contributed by atoms with Gasteiger partial charge in [-0.05, 0) is 43.2 Å². The molecule has 0 aliphatic rings. The third kappa shape index (κ3) is 6.25. The third-order valence-electron chi connectivity index (χ3n) is 4.24. The molecule has 2 atom stereocenters. The minimum atomic E-state index is -1.68. The summed E-state index contributed by atoms with van der Waals surface area (Å²) in [6, 6.07) is 7.99. The Morgan fingerprint density at radius 3 is 2.38 bits per heavy atom. The monoisotopic (exact) mass is 441 g/mol. The van der Waals surface area contributed by atoms with Crippen molar-refractivity contribution < 1.29 is 29.0 Å². The first-order chi connectivity index (χ1) is 13.6. The number of rotatable bonds is 7. The third-order valence-corrected chi connectivity index (χ3v) is 4.79. The molecule has 1 amide bonds. The van der Waals surface area contributed by atoms with Crippen LogP contribution in [0.15, 0.2) is 36.4 Å². The zero-order chi connectivity index (χ0) is 21.7. The van der Waals surface area contributed by atoms with Gasteiger partial charge in [-0.3, -0.25) is 9.59 Å². The van der Waals surface area contributed by atoms with Crippen molar-refractivity contribution in [2.45, 2.75) is 31.9 Å². The van der Waals surface area contributed by atoms with E-state index < -0.39 is 35.6 Å². The van der Waals surface area contributed by atoms with Gasteiger partial charge in [0, 0.05) is 33.6 Å². The van der Waals surface area contributed by atoms with Gasteiger partial charge in [0.25, 0.3) is 0 Å². The summed E-state index contributed by atoms with van der Waals surface area (Å²) in [5.41, 5.74) is 1.22. The van der Waals surface area contributed by atoms with E-state index in [-0.39, 0.29) is 23.4 Å². The first kappa shape index (κ1) is 22.8. The van der Waals surface area contributed by atoms with E-state index in [0.717, 1.165) is 0 Å². The van der Waals surface area contributed by atoms with Gasteiger partial charge in [0.15, 0.2) is 5.78 Å². The molecule has 0 fully saturated rings. The number of nitrogens with one attached hydrogen (secondary N) is 1. The molecule has 3 N–H and O–H groups in total. The van der Waals surface area contributed by atoms with Crippen molar-refractivity contribution in [2.24, 2.45) is 0 Å². The topological polar surface area (TPSA) is 104 Å². The number of amides is 1. The molecule has 2 aromatic carbocycles. The summed E-state index contributed by atoms with van der Waals surface area (Å²) in [4.78, 5) is 33.6. The van der Waals surface area contributed by atoms with E-state index in [2.05, 4.69) is 5.32 Å². The van der Waals surface area contributed by atoms with Crippen molar-refractivity contribution in [3.05, 3.63) is 57.8 Å². The summed E-state index contributed by atoms with van der Waals surface area (Å²) in [7, 11) is 0. The predicted molar refractivity (Wildman–Crippen MR) is 106 cm³/mol. The lowest BCUT2D eigenvalue weighted by Gasteiger charge is -2.20. The Morgan fingerprint density at radius 2 is 1.79 bits per heavy atom. The Labute approximate surface area is 176 Å². The highest BCUT2D eigenvalue weighted by Crippen LogP contribution is 2.32. The molecule has 2 unspecified atom stereocenters. The molecule has 0 saturated heterocycles. The fraction of sp³-hybridized carbons (Fsp3) is 0.250. The van der Waals surface area contributed by atoms with Gasteiger partial charge in [0.1, 0.15) is 11.9 Å². The van der Waals surface area contributed by atoms with Gasteiger partial charge in [-0.25, -0.2) is 9.18 Å². The zero-order valence-corrected chi connectivity index (χ0v) is 16.8. The van der Waals surface area contributed by atoms with Gasteiger partial charge in [0.2, 0.25) is 0 Å². The largest absolute Gasteiger partial charge is 0.474 e. The molecule has 2 rings (SSSR count). The van der Waals surface area contributed by atoms with Crippen molar-refractivity contribution in [3.8, 4) is 11.1 Å². The minimum absolute atomic E-state index is 0.0986. The highest BCUT2D eigenvalue weighted by Gasteiger charge is 2.23. The second kappa shape index (κ2) is 9.82. The van der Waals surface area contributed by atoms with E-state index in [1.54, 1.807) is 12.1 Å². The molecule has 0 radical (unpaired) electrons. The smallest absolute Gasteiger partial charge is 0.394 e. The molecule has 154 valence electrons. The van der Waals surface area contributed by atoms with Crippen LogP contribution >= 0.6 is 23.2 Å². The fourth-order valence-corrected chi connectivity index (χ4v) is 3.25. The number of aliphatic carboxylic acids is 1. The van der Waals surface area contributed by atoms with Gasteiger partial charge < -0.3 is 15.5 Å². The van der Waals surface area contributed by atoms with E-state index in [1.165, 1.54) is 31.2 Å². The number of ketones is 1.